The molecule has 0 bridgehead atoms. The predicted molar refractivity (Wildman–Crippen MR) is 88.3 cm³/mol. The first-order valence-corrected chi connectivity index (χ1v) is 7.73. The first-order valence-electron chi connectivity index (χ1n) is 7.73. The second-order valence-electron chi connectivity index (χ2n) is 5.96. The number of carbonyl (C=O) groups is 1. The molecule has 2 aromatic carbocycles. The van der Waals surface area contributed by atoms with Gasteiger partial charge in [-0.2, -0.15) is 0 Å². The Labute approximate surface area is 136 Å². The Balaban J connectivity index is 1.73. The molecule has 0 unspecified atom stereocenters. The highest BCUT2D eigenvalue weighted by Crippen LogP contribution is 2.31. The zero-order valence-electron chi connectivity index (χ0n) is 13.4. The fourth-order valence-corrected chi connectivity index (χ4v) is 2.89. The van der Waals surface area contributed by atoms with E-state index in [0.29, 0.717) is 18.7 Å². The lowest BCUT2D eigenvalue weighted by Gasteiger charge is -2.39. The fourth-order valence-electron chi connectivity index (χ4n) is 2.89. The summed E-state index contributed by atoms with van der Waals surface area (Å²) in [6.07, 6.45) is 0. The number of esters is 1. The van der Waals surface area contributed by atoms with Gasteiger partial charge < -0.3 is 14.8 Å². The third kappa shape index (κ3) is 3.28. The van der Waals surface area contributed by atoms with Gasteiger partial charge in [-0.3, -0.25) is 0 Å². The van der Waals surface area contributed by atoms with E-state index in [1.165, 1.54) is 7.11 Å². The van der Waals surface area contributed by atoms with Crippen molar-refractivity contribution in [2.45, 2.75) is 18.6 Å². The lowest BCUT2D eigenvalue weighted by molar-refractivity contribution is -0.0765. The summed E-state index contributed by atoms with van der Waals surface area (Å²) in [5.74, 6) is -0.322. The SMILES string of the molecule is COC(=O)c1cccc([C@@H]2CO[C@@](C)(c3ccccc3)CN2)c1. The average molecular weight is 311 g/mol. The van der Waals surface area contributed by atoms with Crippen LogP contribution in [-0.2, 0) is 15.1 Å². The highest BCUT2D eigenvalue weighted by Gasteiger charge is 2.33. The molecule has 0 spiro atoms. The molecule has 1 aliphatic heterocycles. The molecule has 1 heterocycles. The van der Waals surface area contributed by atoms with Gasteiger partial charge in [0.15, 0.2) is 0 Å². The van der Waals surface area contributed by atoms with E-state index in [-0.39, 0.29) is 17.6 Å². The maximum absolute atomic E-state index is 11.7. The van der Waals surface area contributed by atoms with Crippen molar-refractivity contribution in [3.05, 3.63) is 71.3 Å². The van der Waals surface area contributed by atoms with E-state index in [9.17, 15) is 4.79 Å². The molecule has 0 saturated carbocycles. The molecule has 23 heavy (non-hydrogen) atoms. The number of carbonyl (C=O) groups excluding carboxylic acids is 1. The van der Waals surface area contributed by atoms with Gasteiger partial charge in [-0.15, -0.1) is 0 Å². The van der Waals surface area contributed by atoms with Gasteiger partial charge in [0.25, 0.3) is 0 Å². The Morgan fingerprint density at radius 2 is 2.00 bits per heavy atom. The molecule has 1 saturated heterocycles. The Kier molecular flexibility index (Phi) is 4.46. The van der Waals surface area contributed by atoms with E-state index >= 15 is 0 Å². The van der Waals surface area contributed by atoms with Crippen molar-refractivity contribution in [1.29, 1.82) is 0 Å². The Hall–Kier alpha value is -2.17. The van der Waals surface area contributed by atoms with Gasteiger partial charge in [-0.1, -0.05) is 42.5 Å². The number of methoxy groups -OCH3 is 1. The van der Waals surface area contributed by atoms with Crippen LogP contribution < -0.4 is 5.32 Å². The first kappa shape index (κ1) is 15.7. The van der Waals surface area contributed by atoms with Crippen LogP contribution in [0.5, 0.6) is 0 Å². The Bertz CT molecular complexity index is 676. The molecule has 1 aliphatic rings. The summed E-state index contributed by atoms with van der Waals surface area (Å²) < 4.78 is 10.9. The van der Waals surface area contributed by atoms with E-state index in [0.717, 1.165) is 11.1 Å². The van der Waals surface area contributed by atoms with Crippen LogP contribution in [-0.4, -0.2) is 26.2 Å². The molecule has 4 heteroatoms. The molecular formula is C19H21NO3. The topological polar surface area (TPSA) is 47.6 Å². The van der Waals surface area contributed by atoms with Crippen LogP contribution in [0.25, 0.3) is 0 Å². The minimum atomic E-state index is -0.336. The number of hydrogen-bond acceptors (Lipinski definition) is 4. The Morgan fingerprint density at radius 3 is 2.65 bits per heavy atom. The zero-order valence-corrected chi connectivity index (χ0v) is 13.4. The number of hydrogen-bond donors (Lipinski definition) is 1. The molecule has 2 aromatic rings. The van der Waals surface area contributed by atoms with Crippen molar-refractivity contribution in [3.8, 4) is 0 Å². The molecule has 1 N–H and O–H groups in total. The minimum Gasteiger partial charge on any atom is -0.465 e. The molecule has 0 amide bonds. The standard InChI is InChI=1S/C19H21NO3/c1-19(16-9-4-3-5-10-16)13-20-17(12-23-19)14-7-6-8-15(11-14)18(21)22-2/h3-11,17,20H,12-13H2,1-2H3/t17-,19+/m0/s1. The van der Waals surface area contributed by atoms with Gasteiger partial charge in [-0.05, 0) is 30.2 Å². The molecule has 0 radical (unpaired) electrons. The fraction of sp³-hybridized carbons (Fsp3) is 0.316. The van der Waals surface area contributed by atoms with E-state index in [1.54, 1.807) is 6.07 Å². The first-order chi connectivity index (χ1) is 11.1. The smallest absolute Gasteiger partial charge is 0.337 e. The van der Waals surface area contributed by atoms with E-state index < -0.39 is 0 Å². The van der Waals surface area contributed by atoms with Gasteiger partial charge in [0.05, 0.1) is 25.3 Å². The number of morpholine rings is 1. The van der Waals surface area contributed by atoms with Crippen molar-refractivity contribution < 1.29 is 14.3 Å². The molecular weight excluding hydrogens is 290 g/mol. The second kappa shape index (κ2) is 6.52. The second-order valence-corrected chi connectivity index (χ2v) is 5.96. The molecule has 1 fully saturated rings. The third-order valence-electron chi connectivity index (χ3n) is 4.35. The largest absolute Gasteiger partial charge is 0.465 e. The van der Waals surface area contributed by atoms with Gasteiger partial charge >= 0.3 is 5.97 Å². The van der Waals surface area contributed by atoms with Crippen molar-refractivity contribution in [2.75, 3.05) is 20.3 Å². The summed E-state index contributed by atoms with van der Waals surface area (Å²) >= 11 is 0. The van der Waals surface area contributed by atoms with Crippen molar-refractivity contribution in [3.63, 3.8) is 0 Å². The molecule has 4 nitrogen and oxygen atoms in total. The van der Waals surface area contributed by atoms with Gasteiger partial charge in [0.2, 0.25) is 0 Å². The summed E-state index contributed by atoms with van der Waals surface area (Å²) in [7, 11) is 1.39. The molecule has 0 aliphatic carbocycles. The van der Waals surface area contributed by atoms with E-state index in [1.807, 2.05) is 36.4 Å². The van der Waals surface area contributed by atoms with Crippen molar-refractivity contribution in [2.24, 2.45) is 0 Å². The van der Waals surface area contributed by atoms with Crippen molar-refractivity contribution >= 4 is 5.97 Å². The third-order valence-corrected chi connectivity index (χ3v) is 4.35. The molecule has 120 valence electrons. The van der Waals surface area contributed by atoms with Crippen LogP contribution in [0.2, 0.25) is 0 Å². The van der Waals surface area contributed by atoms with Crippen LogP contribution in [0.1, 0.15) is 34.5 Å². The summed E-state index contributed by atoms with van der Waals surface area (Å²) in [6.45, 7) is 3.36. The monoisotopic (exact) mass is 311 g/mol. The van der Waals surface area contributed by atoms with Crippen LogP contribution in [0.4, 0.5) is 0 Å². The number of rotatable bonds is 3. The normalized spacial score (nSPS) is 24.2. The lowest BCUT2D eigenvalue weighted by Crippen LogP contribution is -2.47. The molecule has 0 aromatic heterocycles. The van der Waals surface area contributed by atoms with Gasteiger partial charge in [0, 0.05) is 6.54 Å². The van der Waals surface area contributed by atoms with Crippen LogP contribution in [0, 0.1) is 0 Å². The number of ether oxygens (including phenoxy) is 2. The molecule has 3 rings (SSSR count). The van der Waals surface area contributed by atoms with E-state index in [2.05, 4.69) is 24.4 Å². The van der Waals surface area contributed by atoms with Gasteiger partial charge in [0.1, 0.15) is 5.60 Å². The summed E-state index contributed by atoms with van der Waals surface area (Å²) in [6, 6.07) is 17.8. The van der Waals surface area contributed by atoms with Crippen LogP contribution >= 0.6 is 0 Å². The van der Waals surface area contributed by atoms with Crippen LogP contribution in [0.15, 0.2) is 54.6 Å². The highest BCUT2D eigenvalue weighted by molar-refractivity contribution is 5.89. The number of nitrogens with one attached hydrogen (secondary N) is 1. The number of benzene rings is 2. The quantitative estimate of drug-likeness (QED) is 0.885. The Morgan fingerprint density at radius 1 is 1.22 bits per heavy atom. The van der Waals surface area contributed by atoms with Gasteiger partial charge in [-0.25, -0.2) is 4.79 Å². The summed E-state index contributed by atoms with van der Waals surface area (Å²) in [4.78, 5) is 11.7. The molecule has 2 atom stereocenters. The van der Waals surface area contributed by atoms with Crippen molar-refractivity contribution in [1.82, 2.24) is 5.32 Å². The predicted octanol–water partition coefficient (Wildman–Crippen LogP) is 3.05. The average Bonchev–Trinajstić information content (AvgIpc) is 2.62. The van der Waals surface area contributed by atoms with Crippen LogP contribution in [0.3, 0.4) is 0 Å². The summed E-state index contributed by atoms with van der Waals surface area (Å²) in [5.41, 5.74) is 2.41. The summed E-state index contributed by atoms with van der Waals surface area (Å²) in [5, 5.41) is 3.53. The maximum atomic E-state index is 11.7. The zero-order chi connectivity index (χ0) is 16.3. The van der Waals surface area contributed by atoms with E-state index in [4.69, 9.17) is 9.47 Å². The lowest BCUT2D eigenvalue weighted by atomic mass is 9.92. The minimum absolute atomic E-state index is 0.0661. The highest BCUT2D eigenvalue weighted by atomic mass is 16.5. The maximum Gasteiger partial charge on any atom is 0.337 e.